The van der Waals surface area contributed by atoms with Gasteiger partial charge in [0, 0.05) is 17.5 Å². The summed E-state index contributed by atoms with van der Waals surface area (Å²) in [6, 6.07) is 0. The van der Waals surface area contributed by atoms with Gasteiger partial charge in [0.15, 0.2) is 0 Å². The maximum absolute atomic E-state index is 9.60. The van der Waals surface area contributed by atoms with Crippen LogP contribution in [0.4, 0.5) is 0 Å². The number of hydrogen-bond donors (Lipinski definition) is 1. The molecule has 82 valence electrons. The Morgan fingerprint density at radius 1 is 1.00 bits per heavy atom. The van der Waals surface area contributed by atoms with E-state index in [2.05, 4.69) is 6.58 Å². The average Bonchev–Trinajstić information content (AvgIpc) is 1.83. The molecule has 0 aromatic rings. The van der Waals surface area contributed by atoms with Gasteiger partial charge in [-0.2, -0.15) is 0 Å². The van der Waals surface area contributed by atoms with Gasteiger partial charge >= 0.3 is 25.4 Å². The fourth-order valence-corrected chi connectivity index (χ4v) is 0. The van der Waals surface area contributed by atoms with Crippen molar-refractivity contribution in [2.24, 2.45) is 0 Å². The number of carbonyl (C=O) groups excluding carboxylic acids is 2. The Balaban J connectivity index is -0.0000000606. The van der Waals surface area contributed by atoms with Gasteiger partial charge in [0.05, 0.1) is 0 Å². The maximum Gasteiger partial charge on any atom is 2.00 e. The van der Waals surface area contributed by atoms with Crippen molar-refractivity contribution >= 4 is 17.9 Å². The monoisotopic (exact) mass is 268 g/mol. The normalized spacial score (nSPS) is 6.33. The van der Waals surface area contributed by atoms with Crippen LogP contribution in [0.25, 0.3) is 0 Å². The molecule has 0 unspecified atom stereocenters. The molecule has 6 nitrogen and oxygen atoms in total. The van der Waals surface area contributed by atoms with Crippen molar-refractivity contribution in [2.75, 3.05) is 0 Å². The third-order valence-electron chi connectivity index (χ3n) is 0.365. The molecular weight excluding hydrogens is 257 g/mol. The summed E-state index contributed by atoms with van der Waals surface area (Å²) in [5.74, 6) is -3.10. The van der Waals surface area contributed by atoms with Crippen molar-refractivity contribution < 1.29 is 49.2 Å². The minimum absolute atomic E-state index is 0. The molecule has 0 spiro atoms. The smallest absolute Gasteiger partial charge is 0.550 e. The van der Waals surface area contributed by atoms with Crippen LogP contribution in [0.15, 0.2) is 12.2 Å². The first kappa shape index (κ1) is 23.5. The molecule has 0 saturated heterocycles. The zero-order chi connectivity index (χ0) is 12.3. The quantitative estimate of drug-likeness (QED) is 0.441. The zero-order valence-corrected chi connectivity index (χ0v) is 11.9. The predicted octanol–water partition coefficient (Wildman–Crippen LogP) is -1.84. The number of carboxylic acids is 3. The Kier molecular flexibility index (Phi) is 23.9. The number of hydrogen-bond acceptors (Lipinski definition) is 5. The van der Waals surface area contributed by atoms with Crippen molar-refractivity contribution in [3.63, 3.8) is 0 Å². The Morgan fingerprint density at radius 3 is 1.07 bits per heavy atom. The summed E-state index contributed by atoms with van der Waals surface area (Å²) >= 11 is 0. The zero-order valence-electron chi connectivity index (χ0n) is 8.90. The van der Waals surface area contributed by atoms with Gasteiger partial charge in [-0.15, -0.1) is 0 Å². The molecule has 0 atom stereocenters. The molecule has 0 aliphatic rings. The average molecular weight is 270 g/mol. The summed E-state index contributed by atoms with van der Waals surface area (Å²) in [5.41, 5.74) is 0.176. The third-order valence-corrected chi connectivity index (χ3v) is 0.365. The van der Waals surface area contributed by atoms with Crippen molar-refractivity contribution in [2.45, 2.75) is 20.8 Å². The Morgan fingerprint density at radius 2 is 1.07 bits per heavy atom. The van der Waals surface area contributed by atoms with Crippen LogP contribution >= 0.6 is 0 Å². The van der Waals surface area contributed by atoms with E-state index in [0.717, 1.165) is 13.8 Å². The molecule has 0 fully saturated rings. The molecule has 0 aromatic heterocycles. The Labute approximate surface area is 100 Å². The van der Waals surface area contributed by atoms with Gasteiger partial charge in [-0.05, 0) is 20.8 Å². The molecule has 1 N–H and O–H groups in total. The Hall–Kier alpha value is -1.23. The fourth-order valence-electron chi connectivity index (χ4n) is 0. The van der Waals surface area contributed by atoms with E-state index in [1.807, 2.05) is 0 Å². The molecular formula is C8H12O6Zn. The standard InChI is InChI=1S/C4H6O2.2C2H4O2.Zn/c1-3(2)4(5)6;2*1-2(3)4;/h1H2,2H3,(H,5,6);2*1H3,(H,3,4);/q;;;+2/p-2. The van der Waals surface area contributed by atoms with Crippen molar-refractivity contribution in [3.8, 4) is 0 Å². The van der Waals surface area contributed by atoms with Crippen LogP contribution in [0.5, 0.6) is 0 Å². The molecule has 0 bridgehead atoms. The number of aliphatic carboxylic acids is 3. The fraction of sp³-hybridized carbons (Fsp3) is 0.375. The second-order valence-electron chi connectivity index (χ2n) is 2.07. The number of rotatable bonds is 1. The van der Waals surface area contributed by atoms with Gasteiger partial charge in [-0.1, -0.05) is 6.58 Å². The van der Waals surface area contributed by atoms with Crippen LogP contribution in [0.1, 0.15) is 20.8 Å². The SMILES string of the molecule is C=C(C)C(=O)O.CC(=O)[O-].CC(=O)[O-].[Zn+2]. The maximum atomic E-state index is 9.60. The minimum Gasteiger partial charge on any atom is -0.550 e. The van der Waals surface area contributed by atoms with Crippen LogP contribution in [0.3, 0.4) is 0 Å². The van der Waals surface area contributed by atoms with Crippen molar-refractivity contribution in [1.82, 2.24) is 0 Å². The molecule has 0 amide bonds. The van der Waals surface area contributed by atoms with E-state index < -0.39 is 17.9 Å². The second kappa shape index (κ2) is 15.3. The molecule has 15 heavy (non-hydrogen) atoms. The van der Waals surface area contributed by atoms with E-state index in [0.29, 0.717) is 0 Å². The second-order valence-corrected chi connectivity index (χ2v) is 2.07. The summed E-state index contributed by atoms with van der Waals surface area (Å²) in [5, 5.41) is 25.7. The van der Waals surface area contributed by atoms with Gasteiger partial charge < -0.3 is 24.9 Å². The summed E-state index contributed by atoms with van der Waals surface area (Å²) < 4.78 is 0. The Bertz CT molecular complexity index is 191. The van der Waals surface area contributed by atoms with Crippen LogP contribution in [-0.2, 0) is 33.9 Å². The van der Waals surface area contributed by atoms with Gasteiger partial charge in [-0.3, -0.25) is 0 Å². The number of carbonyl (C=O) groups is 3. The molecule has 0 aliphatic carbocycles. The first-order valence-corrected chi connectivity index (χ1v) is 3.35. The van der Waals surface area contributed by atoms with E-state index in [1.54, 1.807) is 0 Å². The van der Waals surface area contributed by atoms with E-state index in [-0.39, 0.29) is 25.1 Å². The van der Waals surface area contributed by atoms with E-state index in [4.69, 9.17) is 24.9 Å². The molecule has 7 heteroatoms. The van der Waals surface area contributed by atoms with Crippen LogP contribution in [0, 0.1) is 0 Å². The summed E-state index contributed by atoms with van der Waals surface area (Å²) in [4.78, 5) is 27.4. The van der Waals surface area contributed by atoms with Crippen LogP contribution in [-0.4, -0.2) is 23.0 Å². The molecule has 0 heterocycles. The molecule has 0 saturated carbocycles. The van der Waals surface area contributed by atoms with Gasteiger partial charge in [0.2, 0.25) is 0 Å². The van der Waals surface area contributed by atoms with E-state index in [1.165, 1.54) is 6.92 Å². The predicted molar refractivity (Wildman–Crippen MR) is 43.8 cm³/mol. The first-order chi connectivity index (χ1) is 6.11. The number of carboxylic acid groups (broad SMARTS) is 3. The first-order valence-electron chi connectivity index (χ1n) is 3.35. The minimum atomic E-state index is -1.08. The molecule has 0 aromatic carbocycles. The molecule has 0 radical (unpaired) electrons. The topological polar surface area (TPSA) is 118 Å². The van der Waals surface area contributed by atoms with Crippen LogP contribution < -0.4 is 10.2 Å². The van der Waals surface area contributed by atoms with Crippen LogP contribution in [0.2, 0.25) is 0 Å². The van der Waals surface area contributed by atoms with E-state index in [9.17, 15) is 4.79 Å². The van der Waals surface area contributed by atoms with Gasteiger partial charge in [0.25, 0.3) is 0 Å². The van der Waals surface area contributed by atoms with E-state index >= 15 is 0 Å². The molecule has 0 aliphatic heterocycles. The summed E-state index contributed by atoms with van der Waals surface area (Å²) in [6.45, 7) is 6.55. The summed E-state index contributed by atoms with van der Waals surface area (Å²) in [7, 11) is 0. The van der Waals surface area contributed by atoms with Gasteiger partial charge in [-0.25, -0.2) is 4.79 Å². The van der Waals surface area contributed by atoms with Crippen molar-refractivity contribution in [3.05, 3.63) is 12.2 Å². The van der Waals surface area contributed by atoms with Gasteiger partial charge in [0.1, 0.15) is 0 Å². The largest absolute Gasteiger partial charge is 2.00 e. The molecule has 0 rings (SSSR count). The van der Waals surface area contributed by atoms with Crippen molar-refractivity contribution in [1.29, 1.82) is 0 Å². The summed E-state index contributed by atoms with van der Waals surface area (Å²) in [6.07, 6.45) is 0. The third kappa shape index (κ3) is 193.